The minimum absolute atomic E-state index is 0.353. The molecule has 1 rings (SSSR count). The molecule has 2 heteroatoms. The minimum atomic E-state index is 0.353. The first-order chi connectivity index (χ1) is 9.69. The summed E-state index contributed by atoms with van der Waals surface area (Å²) in [4.78, 5) is 0. The lowest BCUT2D eigenvalue weighted by Crippen LogP contribution is -2.18. The third-order valence-corrected chi connectivity index (χ3v) is 4.55. The molecule has 0 fully saturated rings. The molecular formula is C18H32N2. The quantitative estimate of drug-likeness (QED) is 0.566. The Morgan fingerprint density at radius 1 is 0.800 bits per heavy atom. The highest BCUT2D eigenvalue weighted by molar-refractivity contribution is 4.94. The van der Waals surface area contributed by atoms with Crippen molar-refractivity contribution < 1.29 is 0 Å². The summed E-state index contributed by atoms with van der Waals surface area (Å²) in [6, 6.07) is 0.706. The number of hydrogen-bond donors (Lipinski definition) is 0. The van der Waals surface area contributed by atoms with E-state index >= 15 is 0 Å². The van der Waals surface area contributed by atoms with Gasteiger partial charge in [-0.1, -0.05) is 64.8 Å². The molecule has 0 amide bonds. The number of hydrogen-bond acceptors (Lipinski definition) is 2. The Labute approximate surface area is 125 Å². The van der Waals surface area contributed by atoms with Crippen molar-refractivity contribution in [2.24, 2.45) is 22.1 Å². The lowest BCUT2D eigenvalue weighted by molar-refractivity contribution is 0.386. The van der Waals surface area contributed by atoms with E-state index in [1.165, 1.54) is 12.8 Å². The fourth-order valence-electron chi connectivity index (χ4n) is 2.40. The van der Waals surface area contributed by atoms with E-state index in [1.807, 2.05) is 0 Å². The molecule has 1 heterocycles. The van der Waals surface area contributed by atoms with Crippen LogP contribution >= 0.6 is 0 Å². The third-order valence-electron chi connectivity index (χ3n) is 4.55. The van der Waals surface area contributed by atoms with Crippen LogP contribution in [0.25, 0.3) is 0 Å². The summed E-state index contributed by atoms with van der Waals surface area (Å²) in [5.41, 5.74) is 0. The van der Waals surface area contributed by atoms with Crippen LogP contribution < -0.4 is 0 Å². The van der Waals surface area contributed by atoms with Gasteiger partial charge in [0.1, 0.15) is 0 Å². The Morgan fingerprint density at radius 2 is 1.20 bits per heavy atom. The Balaban J connectivity index is 2.83. The van der Waals surface area contributed by atoms with Gasteiger partial charge in [-0.05, 0) is 37.5 Å². The summed E-state index contributed by atoms with van der Waals surface area (Å²) in [7, 11) is 0. The van der Waals surface area contributed by atoms with Crippen LogP contribution in [0.1, 0.15) is 66.2 Å². The predicted molar refractivity (Wildman–Crippen MR) is 88.1 cm³/mol. The summed E-state index contributed by atoms with van der Waals surface area (Å²) >= 11 is 0. The molecule has 2 nitrogen and oxygen atoms in total. The van der Waals surface area contributed by atoms with E-state index in [0.717, 1.165) is 25.7 Å². The van der Waals surface area contributed by atoms with Gasteiger partial charge >= 0.3 is 0 Å². The first-order valence-corrected chi connectivity index (χ1v) is 8.38. The monoisotopic (exact) mass is 276 g/mol. The van der Waals surface area contributed by atoms with Crippen LogP contribution in [0, 0.1) is 11.8 Å². The van der Waals surface area contributed by atoms with E-state index in [9.17, 15) is 0 Å². The molecule has 0 aromatic rings. The van der Waals surface area contributed by atoms with Crippen molar-refractivity contribution in [2.45, 2.75) is 78.3 Å². The second kappa shape index (κ2) is 9.90. The Morgan fingerprint density at radius 3 is 1.55 bits per heavy atom. The highest BCUT2D eigenvalue weighted by Gasteiger charge is 2.17. The van der Waals surface area contributed by atoms with Gasteiger partial charge < -0.3 is 0 Å². The van der Waals surface area contributed by atoms with Gasteiger partial charge in [-0.3, -0.25) is 0 Å². The van der Waals surface area contributed by atoms with Crippen LogP contribution in [0.3, 0.4) is 0 Å². The highest BCUT2D eigenvalue weighted by atomic mass is 15.1. The van der Waals surface area contributed by atoms with Crippen LogP contribution in [0.5, 0.6) is 0 Å². The van der Waals surface area contributed by atoms with Crippen molar-refractivity contribution in [3.63, 3.8) is 0 Å². The van der Waals surface area contributed by atoms with E-state index in [0.29, 0.717) is 23.9 Å². The molecule has 114 valence electrons. The van der Waals surface area contributed by atoms with Crippen molar-refractivity contribution in [1.29, 1.82) is 0 Å². The zero-order valence-electron chi connectivity index (χ0n) is 13.8. The molecule has 0 radical (unpaired) electrons. The van der Waals surface area contributed by atoms with Gasteiger partial charge in [0.25, 0.3) is 0 Å². The van der Waals surface area contributed by atoms with Crippen molar-refractivity contribution in [1.82, 2.24) is 0 Å². The summed E-state index contributed by atoms with van der Waals surface area (Å²) in [5.74, 6) is 1.22. The average molecular weight is 276 g/mol. The Kier molecular flexibility index (Phi) is 8.48. The molecule has 0 bridgehead atoms. The fraction of sp³-hybridized carbons (Fsp3) is 0.778. The van der Waals surface area contributed by atoms with Crippen LogP contribution in [-0.2, 0) is 0 Å². The molecule has 0 spiro atoms. The summed E-state index contributed by atoms with van der Waals surface area (Å²) in [5, 5.41) is 9.44. The normalized spacial score (nSPS) is 27.6. The van der Waals surface area contributed by atoms with Crippen molar-refractivity contribution >= 4 is 0 Å². The molecule has 1 aliphatic rings. The van der Waals surface area contributed by atoms with Gasteiger partial charge in [-0.15, -0.1) is 0 Å². The van der Waals surface area contributed by atoms with Gasteiger partial charge in [0.15, 0.2) is 0 Å². The lowest BCUT2D eigenvalue weighted by Gasteiger charge is -2.20. The van der Waals surface area contributed by atoms with Crippen molar-refractivity contribution in [3.05, 3.63) is 24.3 Å². The summed E-state index contributed by atoms with van der Waals surface area (Å²) in [6.45, 7) is 9.08. The Hall–Kier alpha value is -0.920. The maximum absolute atomic E-state index is 4.72. The van der Waals surface area contributed by atoms with E-state index < -0.39 is 0 Å². The largest absolute Gasteiger partial charge is 0.190 e. The molecule has 0 saturated heterocycles. The minimum Gasteiger partial charge on any atom is -0.190 e. The van der Waals surface area contributed by atoms with Crippen molar-refractivity contribution in [2.75, 3.05) is 0 Å². The van der Waals surface area contributed by atoms with Crippen LogP contribution in [0.15, 0.2) is 34.5 Å². The highest BCUT2D eigenvalue weighted by Crippen LogP contribution is 2.21. The molecule has 0 saturated carbocycles. The molecule has 4 atom stereocenters. The third kappa shape index (κ3) is 6.02. The molecule has 0 aliphatic carbocycles. The molecule has 0 N–H and O–H groups in total. The molecule has 0 aromatic heterocycles. The zero-order valence-corrected chi connectivity index (χ0v) is 13.8. The first-order valence-electron chi connectivity index (χ1n) is 8.38. The molecule has 4 unspecified atom stereocenters. The van der Waals surface area contributed by atoms with E-state index in [2.05, 4.69) is 52.0 Å². The molecule has 0 aromatic carbocycles. The summed E-state index contributed by atoms with van der Waals surface area (Å²) in [6.07, 6.45) is 15.9. The standard InChI is InChI=1S/C18H32N2/c1-5-15(3)17-13-11-9-7-8-10-12-14-18(20-19-17)16(4)6-2/h9-12,15-18H,5-8,13-14H2,1-4H3. The van der Waals surface area contributed by atoms with Crippen LogP contribution in [0.4, 0.5) is 0 Å². The van der Waals surface area contributed by atoms with Gasteiger partial charge in [0.05, 0.1) is 12.1 Å². The predicted octanol–water partition coefficient (Wildman–Crippen LogP) is 5.95. The van der Waals surface area contributed by atoms with E-state index in [1.54, 1.807) is 0 Å². The number of nitrogens with zero attached hydrogens (tertiary/aromatic N) is 2. The van der Waals surface area contributed by atoms with Gasteiger partial charge in [0.2, 0.25) is 0 Å². The maximum Gasteiger partial charge on any atom is 0.0768 e. The number of allylic oxidation sites excluding steroid dienone is 2. The van der Waals surface area contributed by atoms with E-state index in [4.69, 9.17) is 10.2 Å². The second-order valence-corrected chi connectivity index (χ2v) is 6.13. The van der Waals surface area contributed by atoms with Crippen molar-refractivity contribution in [3.8, 4) is 0 Å². The van der Waals surface area contributed by atoms with E-state index in [-0.39, 0.29) is 0 Å². The van der Waals surface area contributed by atoms with Gasteiger partial charge in [0, 0.05) is 0 Å². The number of azo groups is 1. The molecule has 1 aliphatic heterocycles. The van der Waals surface area contributed by atoms with Crippen LogP contribution in [0.2, 0.25) is 0 Å². The van der Waals surface area contributed by atoms with Gasteiger partial charge in [-0.2, -0.15) is 10.2 Å². The maximum atomic E-state index is 4.72. The zero-order chi connectivity index (χ0) is 14.8. The molecular weight excluding hydrogens is 244 g/mol. The SMILES string of the molecule is CCC(C)C1CC=CCCC=CCC(C(C)CC)N=N1. The average Bonchev–Trinajstić information content (AvgIpc) is 2.46. The fourth-order valence-corrected chi connectivity index (χ4v) is 2.40. The molecule has 20 heavy (non-hydrogen) atoms. The van der Waals surface area contributed by atoms with Crippen LogP contribution in [-0.4, -0.2) is 12.1 Å². The topological polar surface area (TPSA) is 24.7 Å². The second-order valence-electron chi connectivity index (χ2n) is 6.13. The number of rotatable bonds is 4. The summed E-state index contributed by atoms with van der Waals surface area (Å²) < 4.78 is 0. The van der Waals surface area contributed by atoms with Gasteiger partial charge in [-0.25, -0.2) is 0 Å². The Bertz CT molecular complexity index is 298. The first kappa shape index (κ1) is 17.1. The lowest BCUT2D eigenvalue weighted by atomic mass is 9.95. The smallest absolute Gasteiger partial charge is 0.0768 e.